The molecule has 0 unspecified atom stereocenters. The molecule has 0 radical (unpaired) electrons. The predicted octanol–water partition coefficient (Wildman–Crippen LogP) is 2.10. The van der Waals surface area contributed by atoms with Crippen molar-refractivity contribution in [2.45, 2.75) is 12.1 Å². The molecule has 30 heavy (non-hydrogen) atoms. The van der Waals surface area contributed by atoms with Crippen LogP contribution in [0.5, 0.6) is 0 Å². The van der Waals surface area contributed by atoms with Gasteiger partial charge in [0.1, 0.15) is 6.33 Å². The first-order chi connectivity index (χ1) is 14.2. The van der Waals surface area contributed by atoms with Crippen molar-refractivity contribution in [2.75, 3.05) is 14.1 Å². The Morgan fingerprint density at radius 2 is 1.53 bits per heavy atom. The fourth-order valence-electron chi connectivity index (χ4n) is 3.33. The van der Waals surface area contributed by atoms with Gasteiger partial charge < -0.3 is 0 Å². The second kappa shape index (κ2) is 7.04. The van der Waals surface area contributed by atoms with Crippen molar-refractivity contribution in [2.24, 2.45) is 0 Å². The Morgan fingerprint density at radius 3 is 2.20 bits per heavy atom. The number of hydrogen-bond donors (Lipinski definition) is 0. The quantitative estimate of drug-likeness (QED) is 0.466. The molecule has 0 saturated heterocycles. The molecule has 0 fully saturated rings. The van der Waals surface area contributed by atoms with Crippen LogP contribution in [-0.2, 0) is 20.2 Å². The number of fused-ring (bicyclic) bond motifs is 1. The molecule has 0 atom stereocenters. The van der Waals surface area contributed by atoms with E-state index in [2.05, 4.69) is 10.1 Å². The number of hydrogen-bond acceptors (Lipinski definition) is 6. The maximum absolute atomic E-state index is 13.4. The van der Waals surface area contributed by atoms with Gasteiger partial charge in [0.2, 0.25) is 0 Å². The third kappa shape index (κ3) is 3.02. The van der Waals surface area contributed by atoms with Gasteiger partial charge in [0.25, 0.3) is 5.16 Å². The van der Waals surface area contributed by atoms with Gasteiger partial charge >= 0.3 is 20.2 Å². The summed E-state index contributed by atoms with van der Waals surface area (Å²) in [5, 5.41) is 3.90. The Morgan fingerprint density at radius 1 is 0.900 bits per heavy atom. The summed E-state index contributed by atoms with van der Waals surface area (Å²) in [5.41, 5.74) is 2.58. The molecule has 2 heterocycles. The first-order valence-electron chi connectivity index (χ1n) is 8.91. The molecule has 0 spiro atoms. The molecule has 4 aromatic rings. The summed E-state index contributed by atoms with van der Waals surface area (Å²) in [6.45, 7) is 1.70. The van der Waals surface area contributed by atoms with Gasteiger partial charge in [-0.05, 0) is 18.6 Å². The molecule has 0 aliphatic rings. The predicted molar refractivity (Wildman–Crippen MR) is 113 cm³/mol. The van der Waals surface area contributed by atoms with E-state index in [1.165, 1.54) is 14.1 Å². The minimum absolute atomic E-state index is 0.459. The molecule has 156 valence electrons. The summed E-state index contributed by atoms with van der Waals surface area (Å²) in [6.07, 6.45) is 0.876. The average molecular weight is 446 g/mol. The largest absolute Gasteiger partial charge is 0.323 e. The fourth-order valence-corrected chi connectivity index (χ4v) is 5.47. The molecule has 4 rings (SSSR count). The fraction of sp³-hybridized carbons (Fsp3) is 0.158. The molecule has 0 aliphatic carbocycles. The first kappa shape index (κ1) is 20.3. The number of nitrogens with zero attached hydrogens (tertiary/aromatic N) is 5. The molecule has 0 aliphatic heterocycles. The zero-order chi connectivity index (χ0) is 21.7. The highest BCUT2D eigenvalue weighted by molar-refractivity contribution is 7.90. The second-order valence-electron chi connectivity index (χ2n) is 6.80. The van der Waals surface area contributed by atoms with Crippen LogP contribution < -0.4 is 0 Å². The molecular formula is C19H19N5O4S2. The normalized spacial score (nSPS) is 12.7. The first-order valence-corrected chi connectivity index (χ1v) is 11.7. The third-order valence-corrected chi connectivity index (χ3v) is 7.91. The van der Waals surface area contributed by atoms with Crippen LogP contribution in [0.4, 0.5) is 0 Å². The van der Waals surface area contributed by atoms with Crippen LogP contribution in [0.15, 0.2) is 66.1 Å². The number of aromatic nitrogens is 4. The molecule has 0 bridgehead atoms. The Hall–Kier alpha value is -3.02. The van der Waals surface area contributed by atoms with Gasteiger partial charge in [0.15, 0.2) is 0 Å². The topological polar surface area (TPSA) is 107 Å². The molecule has 0 N–H and O–H groups in total. The van der Waals surface area contributed by atoms with Gasteiger partial charge in [-0.3, -0.25) is 0 Å². The lowest BCUT2D eigenvalue weighted by atomic mass is 10.0. The Bertz CT molecular complexity index is 1450. The van der Waals surface area contributed by atoms with E-state index in [0.29, 0.717) is 15.3 Å². The summed E-state index contributed by atoms with van der Waals surface area (Å²) in [5.74, 6) is 0. The summed E-state index contributed by atoms with van der Waals surface area (Å²) in [6, 6.07) is 16.6. The monoisotopic (exact) mass is 445 g/mol. The van der Waals surface area contributed by atoms with Crippen LogP contribution in [0.2, 0.25) is 0 Å². The van der Waals surface area contributed by atoms with Crippen LogP contribution in [0.25, 0.3) is 22.0 Å². The summed E-state index contributed by atoms with van der Waals surface area (Å²) < 4.78 is 54.0. The van der Waals surface area contributed by atoms with Crippen molar-refractivity contribution < 1.29 is 16.8 Å². The summed E-state index contributed by atoms with van der Waals surface area (Å²) in [7, 11) is -5.60. The highest BCUT2D eigenvalue weighted by Gasteiger charge is 2.30. The molecule has 2 aromatic heterocycles. The smallest absolute Gasteiger partial charge is 0.235 e. The Balaban J connectivity index is 1.97. The third-order valence-electron chi connectivity index (χ3n) is 4.74. The second-order valence-corrected chi connectivity index (χ2v) is 10.5. The maximum atomic E-state index is 13.4. The van der Waals surface area contributed by atoms with Gasteiger partial charge in [-0.25, -0.2) is 8.96 Å². The zero-order valence-electron chi connectivity index (χ0n) is 16.5. The average Bonchev–Trinajstić information content (AvgIpc) is 3.32. The van der Waals surface area contributed by atoms with Crippen molar-refractivity contribution in [1.29, 1.82) is 0 Å². The van der Waals surface area contributed by atoms with E-state index in [9.17, 15) is 16.8 Å². The number of para-hydroxylation sites is 1. The van der Waals surface area contributed by atoms with Crippen molar-refractivity contribution >= 4 is 31.1 Å². The highest BCUT2D eigenvalue weighted by Crippen LogP contribution is 2.36. The van der Waals surface area contributed by atoms with E-state index >= 15 is 0 Å². The SMILES string of the molecule is Cc1c(-c2ccccc2)c2ccccc2n1S(=O)(=O)c1ncn(S(=O)(=O)N(C)C)n1. The molecular weight excluding hydrogens is 426 g/mol. The summed E-state index contributed by atoms with van der Waals surface area (Å²) >= 11 is 0. The molecule has 2 aromatic carbocycles. The van der Waals surface area contributed by atoms with Crippen molar-refractivity contribution in [1.82, 2.24) is 22.4 Å². The Kier molecular flexibility index (Phi) is 4.76. The number of benzene rings is 2. The minimum atomic E-state index is -4.26. The lowest BCUT2D eigenvalue weighted by Crippen LogP contribution is -2.29. The lowest BCUT2D eigenvalue weighted by Gasteiger charge is -2.10. The van der Waals surface area contributed by atoms with Crippen molar-refractivity contribution in [3.05, 3.63) is 66.6 Å². The zero-order valence-corrected chi connectivity index (χ0v) is 18.1. The van der Waals surface area contributed by atoms with Gasteiger partial charge in [-0.1, -0.05) is 48.5 Å². The standard InChI is InChI=1S/C19H19N5O4S2/c1-14-18(15-9-5-4-6-10-15)16-11-7-8-12-17(16)24(14)29(25,26)19-20-13-23(21-19)30(27,28)22(2)3/h4-13H,1-3H3. The van der Waals surface area contributed by atoms with Crippen LogP contribution >= 0.6 is 0 Å². The van der Waals surface area contributed by atoms with E-state index in [1.54, 1.807) is 19.1 Å². The van der Waals surface area contributed by atoms with E-state index < -0.39 is 25.4 Å². The van der Waals surface area contributed by atoms with E-state index in [4.69, 9.17) is 0 Å². The van der Waals surface area contributed by atoms with Crippen LogP contribution in [0.3, 0.4) is 0 Å². The van der Waals surface area contributed by atoms with Crippen LogP contribution in [0, 0.1) is 6.92 Å². The highest BCUT2D eigenvalue weighted by atomic mass is 32.2. The van der Waals surface area contributed by atoms with Crippen molar-refractivity contribution in [3.63, 3.8) is 0 Å². The van der Waals surface area contributed by atoms with Gasteiger partial charge in [-0.2, -0.15) is 21.1 Å². The van der Waals surface area contributed by atoms with Gasteiger partial charge in [0, 0.05) is 30.7 Å². The maximum Gasteiger partial charge on any atom is 0.323 e. The van der Waals surface area contributed by atoms with E-state index in [0.717, 1.165) is 31.1 Å². The van der Waals surface area contributed by atoms with Crippen LogP contribution in [0.1, 0.15) is 5.69 Å². The lowest BCUT2D eigenvalue weighted by molar-refractivity contribution is 0.502. The van der Waals surface area contributed by atoms with E-state index in [1.807, 2.05) is 42.5 Å². The summed E-state index contributed by atoms with van der Waals surface area (Å²) in [4.78, 5) is 3.78. The van der Waals surface area contributed by atoms with Crippen LogP contribution in [-0.4, -0.2) is 53.4 Å². The minimum Gasteiger partial charge on any atom is -0.235 e. The van der Waals surface area contributed by atoms with E-state index in [-0.39, 0.29) is 0 Å². The molecule has 9 nitrogen and oxygen atoms in total. The molecule has 11 heteroatoms. The molecule has 0 saturated carbocycles. The molecule has 0 amide bonds. The van der Waals surface area contributed by atoms with Crippen molar-refractivity contribution in [3.8, 4) is 11.1 Å². The Labute approximate surface area is 174 Å². The number of rotatable bonds is 5. The van der Waals surface area contributed by atoms with Gasteiger partial charge in [0.05, 0.1) is 5.52 Å². The van der Waals surface area contributed by atoms with Gasteiger partial charge in [-0.15, -0.1) is 9.19 Å².